The molecule has 3 nitrogen and oxygen atoms in total. The van der Waals surface area contributed by atoms with Gasteiger partial charge in [-0.2, -0.15) is 0 Å². The zero-order valence-electron chi connectivity index (χ0n) is 25.8. The number of fused-ring (bicyclic) bond motifs is 6. The van der Waals surface area contributed by atoms with E-state index in [1.54, 1.807) is 11.3 Å². The first-order valence-corrected chi connectivity index (χ1v) is 12.4. The van der Waals surface area contributed by atoms with E-state index in [2.05, 4.69) is 6.07 Å². The van der Waals surface area contributed by atoms with Crippen LogP contribution < -0.4 is 5.46 Å². The molecule has 1 fully saturated rings. The highest BCUT2D eigenvalue weighted by Gasteiger charge is 2.51. The van der Waals surface area contributed by atoms with Crippen LogP contribution in [0, 0.1) is 0 Å². The molecule has 0 aliphatic carbocycles. The van der Waals surface area contributed by atoms with Crippen molar-refractivity contribution in [3.8, 4) is 11.1 Å². The lowest BCUT2D eigenvalue weighted by Gasteiger charge is -2.32. The van der Waals surface area contributed by atoms with Gasteiger partial charge in [0.15, 0.2) is 0 Å². The van der Waals surface area contributed by atoms with Gasteiger partial charge in [-0.05, 0) is 74.6 Å². The summed E-state index contributed by atoms with van der Waals surface area (Å²) >= 11 is 1.67. The van der Waals surface area contributed by atoms with Crippen molar-refractivity contribution >= 4 is 66.0 Å². The fraction of sp³-hybridized carbons (Fsp3) is 0.200. The van der Waals surface area contributed by atoms with Crippen molar-refractivity contribution in [1.29, 1.82) is 0 Å². The highest BCUT2D eigenvalue weighted by atomic mass is 32.1. The molecule has 1 aliphatic rings. The molecule has 0 amide bonds. The predicted molar refractivity (Wildman–Crippen MR) is 148 cm³/mol. The highest BCUT2D eigenvalue weighted by molar-refractivity contribution is 7.25. The minimum atomic E-state index is -1.05. The van der Waals surface area contributed by atoms with E-state index >= 15 is 0 Å². The number of hydrogen-bond acceptors (Lipinski definition) is 4. The van der Waals surface area contributed by atoms with Gasteiger partial charge in [-0.25, -0.2) is 0 Å². The molecule has 172 valence electrons. The zero-order chi connectivity index (χ0) is 29.2. The quantitative estimate of drug-likeness (QED) is 0.235. The summed E-state index contributed by atoms with van der Waals surface area (Å²) in [6.45, 7) is 7.50. The van der Waals surface area contributed by atoms with Crippen molar-refractivity contribution < 1.29 is 22.0 Å². The smallest absolute Gasteiger partial charge is 0.456 e. The Morgan fingerprint density at radius 2 is 1.57 bits per heavy atom. The Labute approximate surface area is 216 Å². The summed E-state index contributed by atoms with van der Waals surface area (Å²) in [4.78, 5) is 0. The van der Waals surface area contributed by atoms with E-state index in [1.807, 2.05) is 64.1 Å². The summed E-state index contributed by atoms with van der Waals surface area (Å²) in [6, 6.07) is 12.5. The molecule has 4 aromatic carbocycles. The first-order chi connectivity index (χ1) is 19.3. The minimum Gasteiger partial charge on any atom is -0.456 e. The molecule has 1 saturated heterocycles. The minimum absolute atomic E-state index is 0.00697. The summed E-state index contributed by atoms with van der Waals surface area (Å²) < 4.78 is 73.7. The van der Waals surface area contributed by atoms with Crippen molar-refractivity contribution in [3.05, 3.63) is 78.7 Å². The standard InChI is InChI=1S/C30H25BO3S/c1-29(2)30(3,4)34-31(33-29)19-13-14-22-25(17-19)32-24-10-7-9-20(28(22)24)18-12-15-27-23(16-18)21-8-5-6-11-26(21)35-27/h5-17H,1-4H3/i7D,9D,10D,13D,14D,17D. The van der Waals surface area contributed by atoms with E-state index in [9.17, 15) is 0 Å². The molecular weight excluding hydrogens is 451 g/mol. The lowest BCUT2D eigenvalue weighted by Crippen LogP contribution is -2.41. The molecule has 3 heterocycles. The average Bonchev–Trinajstić information content (AvgIpc) is 3.55. The Morgan fingerprint density at radius 3 is 2.40 bits per heavy atom. The summed E-state index contributed by atoms with van der Waals surface area (Å²) in [5.74, 6) is 0. The first-order valence-electron chi connectivity index (χ1n) is 14.6. The van der Waals surface area contributed by atoms with E-state index < -0.39 is 18.3 Å². The van der Waals surface area contributed by atoms with Gasteiger partial charge in [-0.3, -0.25) is 0 Å². The van der Waals surface area contributed by atoms with Crippen LogP contribution in [-0.4, -0.2) is 18.3 Å². The zero-order valence-corrected chi connectivity index (χ0v) is 20.6. The molecule has 0 radical (unpaired) electrons. The van der Waals surface area contributed by atoms with Gasteiger partial charge in [0.2, 0.25) is 0 Å². The SMILES string of the molecule is [2H]c1c([2H])c(-c2ccc3sc4ccccc4c3c2)c2c(oc3c([2H])c(B4OC(C)(C)C(C)(C)O4)c([2H])c([2H])c32)c1[2H]. The maximum absolute atomic E-state index is 9.05. The van der Waals surface area contributed by atoms with Crippen LogP contribution in [0.2, 0.25) is 0 Å². The third kappa shape index (κ3) is 3.12. The predicted octanol–water partition coefficient (Wildman–Crippen LogP) is 7.92. The van der Waals surface area contributed by atoms with Crippen molar-refractivity contribution in [2.24, 2.45) is 0 Å². The van der Waals surface area contributed by atoms with Crippen LogP contribution in [-0.2, 0) is 9.31 Å². The van der Waals surface area contributed by atoms with Gasteiger partial charge in [0.25, 0.3) is 0 Å². The van der Waals surface area contributed by atoms with Crippen molar-refractivity contribution in [2.45, 2.75) is 38.9 Å². The van der Waals surface area contributed by atoms with Gasteiger partial charge >= 0.3 is 7.12 Å². The molecule has 0 bridgehead atoms. The molecule has 6 aromatic rings. The lowest BCUT2D eigenvalue weighted by atomic mass is 9.79. The Kier molecular flexibility index (Phi) is 3.25. The summed E-state index contributed by atoms with van der Waals surface area (Å²) in [5, 5.41) is 2.54. The van der Waals surface area contributed by atoms with Crippen molar-refractivity contribution in [1.82, 2.24) is 0 Å². The summed E-state index contributed by atoms with van der Waals surface area (Å²) in [6.07, 6.45) is 0. The number of thiophene rings is 1. The Hall–Kier alpha value is -3.12. The number of rotatable bonds is 2. The van der Waals surface area contributed by atoms with Crippen LogP contribution in [0.25, 0.3) is 53.2 Å². The largest absolute Gasteiger partial charge is 0.494 e. The van der Waals surface area contributed by atoms with Gasteiger partial charge in [0, 0.05) is 30.9 Å². The van der Waals surface area contributed by atoms with E-state index in [-0.39, 0.29) is 63.7 Å². The number of hydrogen-bond donors (Lipinski definition) is 0. The molecule has 7 rings (SSSR count). The van der Waals surface area contributed by atoms with E-state index in [4.69, 9.17) is 22.0 Å². The fourth-order valence-corrected chi connectivity index (χ4v) is 5.72. The van der Waals surface area contributed by atoms with Crippen LogP contribution in [0.15, 0.2) is 83.1 Å². The molecule has 0 unspecified atom stereocenters. The molecule has 0 N–H and O–H groups in total. The monoisotopic (exact) mass is 482 g/mol. The second-order valence-corrected chi connectivity index (χ2v) is 11.0. The number of benzene rings is 4. The fourth-order valence-electron chi connectivity index (χ4n) is 4.64. The third-order valence-corrected chi connectivity index (χ3v) is 8.40. The van der Waals surface area contributed by atoms with E-state index in [0.29, 0.717) is 11.1 Å². The molecule has 5 heteroatoms. The molecule has 2 aromatic heterocycles. The van der Waals surface area contributed by atoms with Crippen LogP contribution in [0.3, 0.4) is 0 Å². The molecule has 0 spiro atoms. The van der Waals surface area contributed by atoms with Crippen molar-refractivity contribution in [2.75, 3.05) is 0 Å². The van der Waals surface area contributed by atoms with Crippen LogP contribution >= 0.6 is 11.3 Å². The molecule has 1 aliphatic heterocycles. The first kappa shape index (κ1) is 15.8. The molecular formula is C30H25BO3S. The van der Waals surface area contributed by atoms with Crippen molar-refractivity contribution in [3.63, 3.8) is 0 Å². The average molecular weight is 482 g/mol. The maximum Gasteiger partial charge on any atom is 0.494 e. The van der Waals surface area contributed by atoms with Gasteiger partial charge in [0.1, 0.15) is 11.2 Å². The maximum atomic E-state index is 9.05. The normalized spacial score (nSPS) is 19.7. The molecule has 0 saturated carbocycles. The topological polar surface area (TPSA) is 31.6 Å². The Bertz CT molecular complexity index is 2080. The lowest BCUT2D eigenvalue weighted by molar-refractivity contribution is 0.00578. The second kappa shape index (κ2) is 7.20. The van der Waals surface area contributed by atoms with Gasteiger partial charge in [-0.1, -0.05) is 48.4 Å². The van der Waals surface area contributed by atoms with Crippen LogP contribution in [0.5, 0.6) is 0 Å². The summed E-state index contributed by atoms with van der Waals surface area (Å²) in [5.41, 5.74) is -0.350. The summed E-state index contributed by atoms with van der Waals surface area (Å²) in [7, 11) is -1.05. The Balaban J connectivity index is 1.55. The Morgan fingerprint density at radius 1 is 0.800 bits per heavy atom. The van der Waals surface area contributed by atoms with Gasteiger partial charge < -0.3 is 13.7 Å². The van der Waals surface area contributed by atoms with E-state index in [1.165, 1.54) is 0 Å². The highest BCUT2D eigenvalue weighted by Crippen LogP contribution is 2.41. The molecule has 35 heavy (non-hydrogen) atoms. The third-order valence-electron chi connectivity index (χ3n) is 7.25. The second-order valence-electron chi connectivity index (χ2n) is 9.95. The van der Waals surface area contributed by atoms with E-state index in [0.717, 1.165) is 20.2 Å². The molecule has 0 atom stereocenters. The van der Waals surface area contributed by atoms with Gasteiger partial charge in [-0.15, -0.1) is 11.3 Å². The van der Waals surface area contributed by atoms with Crippen LogP contribution in [0.1, 0.15) is 35.9 Å². The number of furan rings is 1. The van der Waals surface area contributed by atoms with Crippen LogP contribution in [0.4, 0.5) is 0 Å². The van der Waals surface area contributed by atoms with Gasteiger partial charge in [0.05, 0.1) is 19.4 Å².